The summed E-state index contributed by atoms with van der Waals surface area (Å²) in [5, 5.41) is 0. The van der Waals surface area contributed by atoms with Crippen molar-refractivity contribution < 1.29 is 23.7 Å². The van der Waals surface area contributed by atoms with Crippen molar-refractivity contribution in [3.63, 3.8) is 0 Å². The van der Waals surface area contributed by atoms with Crippen molar-refractivity contribution in [3.05, 3.63) is 35.5 Å². The number of ether oxygens (including phenoxy) is 4. The van der Waals surface area contributed by atoms with E-state index in [1.54, 1.807) is 19.1 Å². The Labute approximate surface area is 169 Å². The monoisotopic (exact) mass is 390 g/mol. The zero-order valence-electron chi connectivity index (χ0n) is 18.5. The summed E-state index contributed by atoms with van der Waals surface area (Å²) in [6.45, 7) is 19.7. The molecule has 0 amide bonds. The molecule has 5 nitrogen and oxygen atoms in total. The molecule has 0 radical (unpaired) electrons. The number of rotatable bonds is 9. The maximum absolute atomic E-state index is 12.3. The lowest BCUT2D eigenvalue weighted by Crippen LogP contribution is -2.42. The first-order valence-electron chi connectivity index (χ1n) is 9.73. The van der Waals surface area contributed by atoms with Crippen LogP contribution in [-0.2, 0) is 23.7 Å². The molecule has 0 N–H and O–H groups in total. The highest BCUT2D eigenvalue weighted by Crippen LogP contribution is 2.37. The third-order valence-corrected chi connectivity index (χ3v) is 4.80. The van der Waals surface area contributed by atoms with Gasteiger partial charge in [-0.25, -0.2) is 0 Å². The van der Waals surface area contributed by atoms with E-state index in [1.807, 2.05) is 48.5 Å². The Balaban J connectivity index is 3.43. The summed E-state index contributed by atoms with van der Waals surface area (Å²) >= 11 is 0. The first-order chi connectivity index (χ1) is 13.0. The predicted molar refractivity (Wildman–Crippen MR) is 111 cm³/mol. The van der Waals surface area contributed by atoms with E-state index in [0.717, 1.165) is 5.57 Å². The van der Waals surface area contributed by atoms with Gasteiger partial charge in [-0.15, -0.1) is 0 Å². The number of allylic oxidation sites excluding steroid dienone is 2. The fourth-order valence-electron chi connectivity index (χ4n) is 3.03. The minimum absolute atomic E-state index is 0.0345. The topological polar surface area (TPSA) is 54.0 Å². The normalized spacial score (nSPS) is 24.0. The Hall–Kier alpha value is -1.71. The summed E-state index contributed by atoms with van der Waals surface area (Å²) in [6.07, 6.45) is 2.26. The van der Waals surface area contributed by atoms with Crippen molar-refractivity contribution in [1.82, 2.24) is 0 Å². The molecule has 0 spiro atoms. The molecule has 0 saturated carbocycles. The van der Waals surface area contributed by atoms with E-state index >= 15 is 0 Å². The predicted octanol–water partition coefficient (Wildman–Crippen LogP) is 4.34. The summed E-state index contributed by atoms with van der Waals surface area (Å²) in [5.74, 6) is 6.35. The van der Waals surface area contributed by atoms with Crippen LogP contribution in [0.4, 0.5) is 0 Å². The minimum atomic E-state index is -1.07. The Morgan fingerprint density at radius 1 is 1.18 bits per heavy atom. The molecule has 1 aliphatic rings. The van der Waals surface area contributed by atoms with Crippen molar-refractivity contribution in [3.8, 4) is 11.8 Å². The molecule has 4 unspecified atom stereocenters. The number of carbonyl (C=O) groups excluding carboxylic acids is 1. The molecule has 28 heavy (non-hydrogen) atoms. The zero-order chi connectivity index (χ0) is 21.5. The minimum Gasteiger partial charge on any atom is -0.353 e. The SMILES string of the molecule is C=CC(C)(C#CC1(OC(C)OCC)C(C)=CC(=O)C(C)=C1C)OC(C)OCC. The van der Waals surface area contributed by atoms with Crippen LogP contribution in [0, 0.1) is 11.8 Å². The third kappa shape index (κ3) is 5.65. The van der Waals surface area contributed by atoms with Gasteiger partial charge in [0.15, 0.2) is 24.0 Å². The van der Waals surface area contributed by atoms with Crippen LogP contribution in [0.3, 0.4) is 0 Å². The molecule has 4 atom stereocenters. The summed E-state index contributed by atoms with van der Waals surface area (Å²) in [7, 11) is 0. The van der Waals surface area contributed by atoms with Gasteiger partial charge in [-0.3, -0.25) is 4.79 Å². The fraction of sp³-hybridized carbons (Fsp3) is 0.609. The van der Waals surface area contributed by atoms with Gasteiger partial charge in [-0.1, -0.05) is 18.4 Å². The van der Waals surface area contributed by atoms with Crippen molar-refractivity contribution in [2.45, 2.75) is 79.2 Å². The van der Waals surface area contributed by atoms with Gasteiger partial charge in [0.1, 0.15) is 5.60 Å². The van der Waals surface area contributed by atoms with E-state index in [0.29, 0.717) is 24.4 Å². The van der Waals surface area contributed by atoms with Crippen molar-refractivity contribution >= 4 is 5.78 Å². The van der Waals surface area contributed by atoms with Gasteiger partial charge < -0.3 is 18.9 Å². The van der Waals surface area contributed by atoms with Gasteiger partial charge in [0.05, 0.1) is 0 Å². The lowest BCUT2D eigenvalue weighted by atomic mass is 9.79. The van der Waals surface area contributed by atoms with Crippen molar-refractivity contribution in [2.75, 3.05) is 13.2 Å². The van der Waals surface area contributed by atoms with Crippen LogP contribution in [0.15, 0.2) is 35.5 Å². The Bertz CT molecular complexity index is 708. The van der Waals surface area contributed by atoms with Gasteiger partial charge in [-0.05, 0) is 84.3 Å². The zero-order valence-corrected chi connectivity index (χ0v) is 18.5. The van der Waals surface area contributed by atoms with E-state index in [1.165, 1.54) is 0 Å². The molecule has 0 aromatic rings. The van der Waals surface area contributed by atoms with Crippen LogP contribution in [0.5, 0.6) is 0 Å². The van der Waals surface area contributed by atoms with Crippen LogP contribution in [0.2, 0.25) is 0 Å². The van der Waals surface area contributed by atoms with E-state index in [4.69, 9.17) is 18.9 Å². The standard InChI is InChI=1S/C23H34O5/c1-10-22(9,27-19(7)25-11-2)13-14-23(28-20(8)26-12-3)16(4)15-21(24)17(5)18(23)6/h10,15,19-20H,1,11-12H2,2-9H3. The summed E-state index contributed by atoms with van der Waals surface area (Å²) in [4.78, 5) is 12.3. The van der Waals surface area contributed by atoms with Gasteiger partial charge in [0, 0.05) is 13.2 Å². The van der Waals surface area contributed by atoms with E-state index in [2.05, 4.69) is 18.4 Å². The van der Waals surface area contributed by atoms with E-state index in [9.17, 15) is 4.79 Å². The highest BCUT2D eigenvalue weighted by molar-refractivity contribution is 6.06. The molecule has 1 aliphatic carbocycles. The maximum atomic E-state index is 12.3. The Morgan fingerprint density at radius 3 is 2.29 bits per heavy atom. The second-order valence-corrected chi connectivity index (χ2v) is 6.97. The lowest BCUT2D eigenvalue weighted by Gasteiger charge is -2.37. The summed E-state index contributed by atoms with van der Waals surface area (Å²) in [6, 6.07) is 0. The highest BCUT2D eigenvalue weighted by Gasteiger charge is 2.41. The molecule has 0 aliphatic heterocycles. The molecular formula is C23H34O5. The highest BCUT2D eigenvalue weighted by atomic mass is 16.7. The average molecular weight is 391 g/mol. The van der Waals surface area contributed by atoms with Gasteiger partial charge in [0.2, 0.25) is 0 Å². The molecule has 1 rings (SSSR count). The first kappa shape index (κ1) is 24.3. The average Bonchev–Trinajstić information content (AvgIpc) is 2.63. The summed E-state index contributed by atoms with van der Waals surface area (Å²) in [5.41, 5.74) is 0.0578. The van der Waals surface area contributed by atoms with E-state index < -0.39 is 23.8 Å². The first-order valence-corrected chi connectivity index (χ1v) is 9.73. The molecule has 0 bridgehead atoms. The fourth-order valence-corrected chi connectivity index (χ4v) is 3.03. The molecule has 5 heteroatoms. The van der Waals surface area contributed by atoms with Gasteiger partial charge in [0.25, 0.3) is 0 Å². The summed E-state index contributed by atoms with van der Waals surface area (Å²) < 4.78 is 23.2. The number of hydrogen-bond acceptors (Lipinski definition) is 5. The van der Waals surface area contributed by atoms with Crippen LogP contribution in [0.25, 0.3) is 0 Å². The largest absolute Gasteiger partial charge is 0.353 e. The Morgan fingerprint density at radius 2 is 1.75 bits per heavy atom. The van der Waals surface area contributed by atoms with Crippen LogP contribution >= 0.6 is 0 Å². The smallest absolute Gasteiger partial charge is 0.181 e. The lowest BCUT2D eigenvalue weighted by molar-refractivity contribution is -0.164. The molecule has 0 heterocycles. The molecular weight excluding hydrogens is 356 g/mol. The van der Waals surface area contributed by atoms with Crippen molar-refractivity contribution in [1.29, 1.82) is 0 Å². The number of ketones is 1. The second-order valence-electron chi connectivity index (χ2n) is 6.97. The van der Waals surface area contributed by atoms with Crippen LogP contribution in [0.1, 0.15) is 55.4 Å². The number of hydrogen-bond donors (Lipinski definition) is 0. The Kier molecular flexibility index (Phi) is 8.84. The third-order valence-electron chi connectivity index (χ3n) is 4.80. The molecule has 0 aromatic carbocycles. The molecule has 0 aromatic heterocycles. The molecule has 0 saturated heterocycles. The van der Waals surface area contributed by atoms with Gasteiger partial charge in [-0.2, -0.15) is 0 Å². The number of carbonyl (C=O) groups is 1. The van der Waals surface area contributed by atoms with Gasteiger partial charge >= 0.3 is 0 Å². The van der Waals surface area contributed by atoms with E-state index in [-0.39, 0.29) is 5.78 Å². The van der Waals surface area contributed by atoms with Crippen molar-refractivity contribution in [2.24, 2.45) is 0 Å². The second kappa shape index (κ2) is 10.2. The van der Waals surface area contributed by atoms with Crippen LogP contribution in [-0.4, -0.2) is 42.8 Å². The molecule has 0 fully saturated rings. The van der Waals surface area contributed by atoms with Crippen LogP contribution < -0.4 is 0 Å². The maximum Gasteiger partial charge on any atom is 0.181 e. The quantitative estimate of drug-likeness (QED) is 0.333. The molecule has 156 valence electrons.